The van der Waals surface area contributed by atoms with Gasteiger partial charge < -0.3 is 9.88 Å². The highest BCUT2D eigenvalue weighted by atomic mass is 35.5. The summed E-state index contributed by atoms with van der Waals surface area (Å²) in [7, 11) is 0. The topological polar surface area (TPSA) is 59.8 Å². The Morgan fingerprint density at radius 3 is 2.85 bits per heavy atom. The number of aromatic nitrogens is 3. The molecule has 1 amide bonds. The number of amides is 1. The molecule has 0 saturated heterocycles. The molecule has 0 fully saturated rings. The number of benzene rings is 1. The van der Waals surface area contributed by atoms with Crippen LogP contribution in [0.15, 0.2) is 18.5 Å². The third-order valence-corrected chi connectivity index (χ3v) is 3.30. The molecule has 0 aliphatic rings. The van der Waals surface area contributed by atoms with Crippen molar-refractivity contribution in [3.63, 3.8) is 0 Å². The van der Waals surface area contributed by atoms with Gasteiger partial charge in [0.05, 0.1) is 22.2 Å². The van der Waals surface area contributed by atoms with E-state index in [2.05, 4.69) is 15.5 Å². The van der Waals surface area contributed by atoms with Crippen molar-refractivity contribution in [3.8, 4) is 0 Å². The smallest absolute Gasteiger partial charge is 0.253 e. The molecule has 2 rings (SSSR count). The van der Waals surface area contributed by atoms with Crippen molar-refractivity contribution in [1.82, 2.24) is 20.1 Å². The van der Waals surface area contributed by atoms with Crippen molar-refractivity contribution >= 4 is 29.1 Å². The summed E-state index contributed by atoms with van der Waals surface area (Å²) in [5.74, 6) is -0.597. The van der Waals surface area contributed by atoms with E-state index < -0.39 is 11.7 Å². The fourth-order valence-electron chi connectivity index (χ4n) is 1.63. The molecule has 20 heavy (non-hydrogen) atoms. The van der Waals surface area contributed by atoms with Gasteiger partial charge in [0, 0.05) is 6.54 Å². The summed E-state index contributed by atoms with van der Waals surface area (Å²) >= 11 is 11.4. The number of rotatable bonds is 4. The SMILES string of the molecule is CCn1cnnc1CNC(=O)c1cc(F)c(Cl)cc1Cl. The molecule has 1 N–H and O–H groups in total. The second-order valence-corrected chi connectivity index (χ2v) is 4.78. The van der Waals surface area contributed by atoms with E-state index in [1.54, 1.807) is 10.9 Å². The minimum atomic E-state index is -0.696. The van der Waals surface area contributed by atoms with Gasteiger partial charge in [0.15, 0.2) is 5.82 Å². The van der Waals surface area contributed by atoms with Crippen molar-refractivity contribution in [1.29, 1.82) is 0 Å². The van der Waals surface area contributed by atoms with Crippen LogP contribution in [-0.2, 0) is 13.1 Å². The molecule has 1 heterocycles. The van der Waals surface area contributed by atoms with E-state index in [0.717, 1.165) is 6.07 Å². The van der Waals surface area contributed by atoms with Crippen molar-refractivity contribution in [3.05, 3.63) is 45.7 Å². The second-order valence-electron chi connectivity index (χ2n) is 3.96. The molecule has 0 spiro atoms. The van der Waals surface area contributed by atoms with Crippen LogP contribution < -0.4 is 5.32 Å². The lowest BCUT2D eigenvalue weighted by molar-refractivity contribution is 0.0949. The van der Waals surface area contributed by atoms with Crippen LogP contribution in [0.1, 0.15) is 23.1 Å². The summed E-state index contributed by atoms with van der Waals surface area (Å²) in [6, 6.07) is 2.20. The van der Waals surface area contributed by atoms with E-state index in [-0.39, 0.29) is 22.2 Å². The van der Waals surface area contributed by atoms with Gasteiger partial charge in [-0.25, -0.2) is 4.39 Å². The molecule has 0 saturated carbocycles. The first-order valence-corrected chi connectivity index (χ1v) is 6.58. The Morgan fingerprint density at radius 2 is 2.15 bits per heavy atom. The van der Waals surface area contributed by atoms with Crippen LogP contribution in [0.25, 0.3) is 0 Å². The first-order valence-electron chi connectivity index (χ1n) is 5.82. The van der Waals surface area contributed by atoms with E-state index in [1.165, 1.54) is 6.07 Å². The molecule has 0 aliphatic carbocycles. The number of nitrogens with zero attached hydrogens (tertiary/aromatic N) is 3. The summed E-state index contributed by atoms with van der Waals surface area (Å²) in [5.41, 5.74) is 0.0242. The Hall–Kier alpha value is -1.66. The van der Waals surface area contributed by atoms with Gasteiger partial charge in [-0.2, -0.15) is 0 Å². The highest BCUT2D eigenvalue weighted by Crippen LogP contribution is 2.24. The van der Waals surface area contributed by atoms with Gasteiger partial charge in [-0.1, -0.05) is 23.2 Å². The maximum Gasteiger partial charge on any atom is 0.253 e. The molecule has 0 atom stereocenters. The molecule has 8 heteroatoms. The molecular formula is C12H11Cl2FN4O. The predicted molar refractivity (Wildman–Crippen MR) is 73.3 cm³/mol. The normalized spacial score (nSPS) is 10.6. The molecular weight excluding hydrogens is 306 g/mol. The lowest BCUT2D eigenvalue weighted by Gasteiger charge is -2.08. The summed E-state index contributed by atoms with van der Waals surface area (Å²) < 4.78 is 15.1. The maximum atomic E-state index is 13.4. The van der Waals surface area contributed by atoms with Gasteiger partial charge >= 0.3 is 0 Å². The average molecular weight is 317 g/mol. The first kappa shape index (κ1) is 14.7. The Balaban J connectivity index is 2.11. The zero-order valence-corrected chi connectivity index (χ0v) is 12.0. The van der Waals surface area contributed by atoms with Gasteiger partial charge in [0.2, 0.25) is 0 Å². The second kappa shape index (κ2) is 6.19. The third-order valence-electron chi connectivity index (χ3n) is 2.70. The number of nitrogens with one attached hydrogen (secondary N) is 1. The molecule has 0 bridgehead atoms. The van der Waals surface area contributed by atoms with Gasteiger partial charge in [0.1, 0.15) is 12.1 Å². The predicted octanol–water partition coefficient (Wildman–Crippen LogP) is 2.67. The van der Waals surface area contributed by atoms with E-state index in [9.17, 15) is 9.18 Å². The fourth-order valence-corrected chi connectivity index (χ4v) is 2.10. The zero-order chi connectivity index (χ0) is 14.7. The number of carbonyl (C=O) groups excluding carboxylic acids is 1. The van der Waals surface area contributed by atoms with Crippen molar-refractivity contribution in [2.75, 3.05) is 0 Å². The lowest BCUT2D eigenvalue weighted by Crippen LogP contribution is -2.25. The average Bonchev–Trinajstić information content (AvgIpc) is 2.87. The molecule has 0 aliphatic heterocycles. The summed E-state index contributed by atoms with van der Waals surface area (Å²) in [4.78, 5) is 12.0. The van der Waals surface area contributed by atoms with E-state index in [4.69, 9.17) is 23.2 Å². The monoisotopic (exact) mass is 316 g/mol. The van der Waals surface area contributed by atoms with Crippen LogP contribution in [0.5, 0.6) is 0 Å². The van der Waals surface area contributed by atoms with Crippen LogP contribution in [-0.4, -0.2) is 20.7 Å². The Morgan fingerprint density at radius 1 is 1.40 bits per heavy atom. The van der Waals surface area contributed by atoms with Crippen molar-refractivity contribution < 1.29 is 9.18 Å². The van der Waals surface area contributed by atoms with Crippen LogP contribution >= 0.6 is 23.2 Å². The highest BCUT2D eigenvalue weighted by Gasteiger charge is 2.14. The zero-order valence-electron chi connectivity index (χ0n) is 10.5. The molecule has 2 aromatic rings. The van der Waals surface area contributed by atoms with Gasteiger partial charge in [0.25, 0.3) is 5.91 Å². The number of carbonyl (C=O) groups is 1. The number of halogens is 3. The summed E-state index contributed by atoms with van der Waals surface area (Å²) in [5, 5.41) is 10.2. The highest BCUT2D eigenvalue weighted by molar-refractivity contribution is 6.36. The van der Waals surface area contributed by atoms with Crippen LogP contribution in [0, 0.1) is 5.82 Å². The molecule has 106 valence electrons. The van der Waals surface area contributed by atoms with E-state index in [1.807, 2.05) is 6.92 Å². The van der Waals surface area contributed by atoms with Gasteiger partial charge in [-0.05, 0) is 19.1 Å². The van der Waals surface area contributed by atoms with Crippen LogP contribution in [0.4, 0.5) is 4.39 Å². The Kier molecular flexibility index (Phi) is 4.57. The molecule has 0 radical (unpaired) electrons. The first-order chi connectivity index (χ1) is 9.52. The van der Waals surface area contributed by atoms with E-state index >= 15 is 0 Å². The minimum absolute atomic E-state index is 0.0242. The maximum absolute atomic E-state index is 13.4. The number of hydrogen-bond donors (Lipinski definition) is 1. The lowest BCUT2D eigenvalue weighted by atomic mass is 10.2. The summed E-state index contributed by atoms with van der Waals surface area (Å²) in [6.07, 6.45) is 1.57. The van der Waals surface area contributed by atoms with Crippen LogP contribution in [0.2, 0.25) is 10.0 Å². The largest absolute Gasteiger partial charge is 0.345 e. The minimum Gasteiger partial charge on any atom is -0.345 e. The Bertz CT molecular complexity index is 644. The number of aryl methyl sites for hydroxylation is 1. The van der Waals surface area contributed by atoms with Crippen molar-refractivity contribution in [2.45, 2.75) is 20.0 Å². The quantitative estimate of drug-likeness (QED) is 0.882. The molecule has 0 unspecified atom stereocenters. The third kappa shape index (κ3) is 3.08. The van der Waals surface area contributed by atoms with E-state index in [0.29, 0.717) is 12.4 Å². The number of hydrogen-bond acceptors (Lipinski definition) is 3. The molecule has 5 nitrogen and oxygen atoms in total. The summed E-state index contributed by atoms with van der Waals surface area (Å²) in [6.45, 7) is 2.79. The van der Waals surface area contributed by atoms with Gasteiger partial charge in [-0.3, -0.25) is 4.79 Å². The van der Waals surface area contributed by atoms with Crippen LogP contribution in [0.3, 0.4) is 0 Å². The molecule has 1 aromatic carbocycles. The standard InChI is InChI=1S/C12H11Cl2FN4O/c1-2-19-6-17-18-11(19)5-16-12(20)7-3-10(15)9(14)4-8(7)13/h3-4,6H,2,5H2,1H3,(H,16,20). The van der Waals surface area contributed by atoms with Gasteiger partial charge in [-0.15, -0.1) is 10.2 Å². The molecule has 1 aromatic heterocycles. The Labute approximate surface area is 124 Å². The van der Waals surface area contributed by atoms with Crippen molar-refractivity contribution in [2.24, 2.45) is 0 Å². The fraction of sp³-hybridized carbons (Fsp3) is 0.250.